The van der Waals surface area contributed by atoms with Crippen LogP contribution in [0, 0.1) is 0 Å². The predicted molar refractivity (Wildman–Crippen MR) is 63.8 cm³/mol. The van der Waals surface area contributed by atoms with Gasteiger partial charge in [0.05, 0.1) is 25.4 Å². The van der Waals surface area contributed by atoms with Crippen molar-refractivity contribution in [2.45, 2.75) is 37.8 Å². The van der Waals surface area contributed by atoms with E-state index in [9.17, 15) is 4.79 Å². The van der Waals surface area contributed by atoms with E-state index in [2.05, 4.69) is 10.6 Å². The molecule has 2 heterocycles. The minimum Gasteiger partial charge on any atom is -0.379 e. The molecule has 0 aromatic rings. The summed E-state index contributed by atoms with van der Waals surface area (Å²) in [6.45, 7) is 3.99. The van der Waals surface area contributed by atoms with Gasteiger partial charge >= 0.3 is 0 Å². The molecule has 0 spiro atoms. The quantitative estimate of drug-likeness (QED) is 0.715. The van der Waals surface area contributed by atoms with Gasteiger partial charge in [-0.15, -0.1) is 0 Å². The van der Waals surface area contributed by atoms with Crippen molar-refractivity contribution in [1.29, 1.82) is 0 Å². The largest absolute Gasteiger partial charge is 0.379 e. The van der Waals surface area contributed by atoms with Gasteiger partial charge in [-0.05, 0) is 32.4 Å². The number of rotatable bonds is 5. The lowest BCUT2D eigenvalue weighted by molar-refractivity contribution is -0.123. The van der Waals surface area contributed by atoms with Gasteiger partial charge in [-0.2, -0.15) is 0 Å². The minimum atomic E-state index is 0.0782. The average molecular weight is 242 g/mol. The van der Waals surface area contributed by atoms with E-state index in [1.54, 1.807) is 0 Å². The van der Waals surface area contributed by atoms with Gasteiger partial charge < -0.3 is 20.1 Å². The molecule has 2 fully saturated rings. The van der Waals surface area contributed by atoms with Crippen LogP contribution in [0.2, 0.25) is 0 Å². The molecule has 0 radical (unpaired) electrons. The van der Waals surface area contributed by atoms with Gasteiger partial charge in [-0.25, -0.2) is 0 Å². The van der Waals surface area contributed by atoms with Crippen LogP contribution < -0.4 is 10.6 Å². The van der Waals surface area contributed by atoms with E-state index in [1.807, 2.05) is 0 Å². The molecule has 0 aromatic carbocycles. The summed E-state index contributed by atoms with van der Waals surface area (Å²) in [4.78, 5) is 11.6. The fraction of sp³-hybridized carbons (Fsp3) is 0.917. The molecule has 1 atom stereocenters. The van der Waals surface area contributed by atoms with Crippen LogP contribution in [-0.2, 0) is 14.3 Å². The second-order valence-corrected chi connectivity index (χ2v) is 4.70. The highest BCUT2D eigenvalue weighted by Gasteiger charge is 2.18. The topological polar surface area (TPSA) is 59.6 Å². The maximum atomic E-state index is 11.6. The van der Waals surface area contributed by atoms with Gasteiger partial charge in [0, 0.05) is 13.0 Å². The van der Waals surface area contributed by atoms with Crippen LogP contribution in [0.25, 0.3) is 0 Å². The lowest BCUT2D eigenvalue weighted by Crippen LogP contribution is -2.36. The third-order valence-corrected chi connectivity index (χ3v) is 3.26. The van der Waals surface area contributed by atoms with Gasteiger partial charge in [0.15, 0.2) is 0 Å². The number of piperidine rings is 1. The standard InChI is InChI=1S/C12H22N2O3/c15-12(14-10-3-7-16-9-10)4-8-17-11-1-5-13-6-2-11/h10-11,13H,1-9H2,(H,14,15). The maximum absolute atomic E-state index is 11.6. The molecule has 0 aliphatic carbocycles. The monoisotopic (exact) mass is 242 g/mol. The zero-order valence-electron chi connectivity index (χ0n) is 10.2. The van der Waals surface area contributed by atoms with E-state index in [-0.39, 0.29) is 11.9 Å². The fourth-order valence-corrected chi connectivity index (χ4v) is 2.23. The van der Waals surface area contributed by atoms with E-state index < -0.39 is 0 Å². The minimum absolute atomic E-state index is 0.0782. The number of nitrogens with one attached hydrogen (secondary N) is 2. The van der Waals surface area contributed by atoms with Crippen LogP contribution in [0.1, 0.15) is 25.7 Å². The second-order valence-electron chi connectivity index (χ2n) is 4.70. The smallest absolute Gasteiger partial charge is 0.222 e. The van der Waals surface area contributed by atoms with Crippen molar-refractivity contribution >= 4 is 5.91 Å². The van der Waals surface area contributed by atoms with E-state index in [0.717, 1.165) is 39.0 Å². The van der Waals surface area contributed by atoms with Crippen molar-refractivity contribution in [1.82, 2.24) is 10.6 Å². The highest BCUT2D eigenvalue weighted by atomic mass is 16.5. The highest BCUT2D eigenvalue weighted by Crippen LogP contribution is 2.08. The van der Waals surface area contributed by atoms with Crippen molar-refractivity contribution in [3.05, 3.63) is 0 Å². The van der Waals surface area contributed by atoms with Crippen molar-refractivity contribution < 1.29 is 14.3 Å². The number of hydrogen-bond donors (Lipinski definition) is 2. The average Bonchev–Trinajstić information content (AvgIpc) is 2.83. The summed E-state index contributed by atoms with van der Waals surface area (Å²) in [5.41, 5.74) is 0. The summed E-state index contributed by atoms with van der Waals surface area (Å²) in [5.74, 6) is 0.0782. The molecule has 2 N–H and O–H groups in total. The Bertz CT molecular complexity index is 236. The molecule has 5 heteroatoms. The molecular formula is C12H22N2O3. The predicted octanol–water partition coefficient (Wildman–Crippen LogP) is 0.0502. The van der Waals surface area contributed by atoms with Gasteiger partial charge in [0.1, 0.15) is 0 Å². The fourth-order valence-electron chi connectivity index (χ4n) is 2.23. The van der Waals surface area contributed by atoms with Crippen molar-refractivity contribution in [2.75, 3.05) is 32.9 Å². The maximum Gasteiger partial charge on any atom is 0.222 e. The molecule has 5 nitrogen and oxygen atoms in total. The molecule has 1 unspecified atom stereocenters. The number of carbonyl (C=O) groups excluding carboxylic acids is 1. The van der Waals surface area contributed by atoms with E-state index >= 15 is 0 Å². The normalized spacial score (nSPS) is 26.0. The summed E-state index contributed by atoms with van der Waals surface area (Å²) in [7, 11) is 0. The van der Waals surface area contributed by atoms with E-state index in [0.29, 0.717) is 25.7 Å². The first kappa shape index (κ1) is 12.8. The number of amides is 1. The van der Waals surface area contributed by atoms with Gasteiger partial charge in [0.2, 0.25) is 5.91 Å². The third-order valence-electron chi connectivity index (χ3n) is 3.26. The first-order valence-corrected chi connectivity index (χ1v) is 6.54. The first-order valence-electron chi connectivity index (χ1n) is 6.54. The molecule has 0 bridgehead atoms. The Morgan fingerprint density at radius 2 is 2.18 bits per heavy atom. The molecule has 2 saturated heterocycles. The zero-order chi connectivity index (χ0) is 11.9. The number of ether oxygens (including phenoxy) is 2. The first-order chi connectivity index (χ1) is 8.34. The second kappa shape index (κ2) is 6.93. The van der Waals surface area contributed by atoms with Crippen LogP contribution in [0.5, 0.6) is 0 Å². The zero-order valence-corrected chi connectivity index (χ0v) is 10.2. The van der Waals surface area contributed by atoms with Crippen molar-refractivity contribution in [3.8, 4) is 0 Å². The Balaban J connectivity index is 1.53. The summed E-state index contributed by atoms with van der Waals surface area (Å²) in [6, 6.07) is 0.210. The molecule has 98 valence electrons. The van der Waals surface area contributed by atoms with Gasteiger partial charge in [-0.3, -0.25) is 4.79 Å². The molecule has 2 rings (SSSR count). The van der Waals surface area contributed by atoms with Crippen LogP contribution in [0.3, 0.4) is 0 Å². The lowest BCUT2D eigenvalue weighted by atomic mass is 10.1. The van der Waals surface area contributed by atoms with Gasteiger partial charge in [-0.1, -0.05) is 0 Å². The Hall–Kier alpha value is -0.650. The highest BCUT2D eigenvalue weighted by molar-refractivity contribution is 5.76. The van der Waals surface area contributed by atoms with Crippen LogP contribution in [0.4, 0.5) is 0 Å². The van der Waals surface area contributed by atoms with Crippen LogP contribution >= 0.6 is 0 Å². The Labute approximate surface area is 102 Å². The van der Waals surface area contributed by atoms with Crippen molar-refractivity contribution in [2.24, 2.45) is 0 Å². The third kappa shape index (κ3) is 4.61. The van der Waals surface area contributed by atoms with E-state index in [4.69, 9.17) is 9.47 Å². The Morgan fingerprint density at radius 3 is 2.88 bits per heavy atom. The molecule has 2 aliphatic rings. The molecular weight excluding hydrogens is 220 g/mol. The number of hydrogen-bond acceptors (Lipinski definition) is 4. The lowest BCUT2D eigenvalue weighted by Gasteiger charge is -2.22. The summed E-state index contributed by atoms with van der Waals surface area (Å²) >= 11 is 0. The molecule has 17 heavy (non-hydrogen) atoms. The van der Waals surface area contributed by atoms with Gasteiger partial charge in [0.25, 0.3) is 0 Å². The summed E-state index contributed by atoms with van der Waals surface area (Å²) in [5, 5.41) is 6.25. The summed E-state index contributed by atoms with van der Waals surface area (Å²) in [6.07, 6.45) is 3.83. The molecule has 1 amide bonds. The molecule has 0 saturated carbocycles. The van der Waals surface area contributed by atoms with Crippen molar-refractivity contribution in [3.63, 3.8) is 0 Å². The SMILES string of the molecule is O=C(CCOC1CCNCC1)NC1CCOC1. The van der Waals surface area contributed by atoms with Crippen LogP contribution in [-0.4, -0.2) is 51.0 Å². The molecule has 2 aliphatic heterocycles. The van der Waals surface area contributed by atoms with E-state index in [1.165, 1.54) is 0 Å². The van der Waals surface area contributed by atoms with Crippen LogP contribution in [0.15, 0.2) is 0 Å². The Morgan fingerprint density at radius 1 is 1.35 bits per heavy atom. The number of carbonyl (C=O) groups is 1. The summed E-state index contributed by atoms with van der Waals surface area (Å²) < 4.78 is 10.9. The molecule has 0 aromatic heterocycles. The Kier molecular flexibility index (Phi) is 5.22.